The van der Waals surface area contributed by atoms with E-state index in [2.05, 4.69) is 36.2 Å². The molecule has 0 N–H and O–H groups in total. The number of benzene rings is 1. The molecule has 1 aliphatic carbocycles. The molecule has 1 aromatic rings. The molecule has 2 aliphatic heterocycles. The molecule has 1 spiro atoms. The molecule has 4 rings (SSSR count). The van der Waals surface area contributed by atoms with Crippen molar-refractivity contribution in [3.8, 4) is 0 Å². The monoisotopic (exact) mass is 447 g/mol. The average molecular weight is 448 g/mol. The Morgan fingerprint density at radius 3 is 2.42 bits per heavy atom. The van der Waals surface area contributed by atoms with Crippen molar-refractivity contribution in [2.45, 2.75) is 56.8 Å². The quantitative estimate of drug-likeness (QED) is 0.673. The number of rotatable bonds is 6. The predicted octanol–water partition coefficient (Wildman–Crippen LogP) is 2.80. The molecule has 1 amide bonds. The lowest BCUT2D eigenvalue weighted by Crippen LogP contribution is -2.47. The van der Waals surface area contributed by atoms with Crippen molar-refractivity contribution in [1.82, 2.24) is 14.1 Å². The SMILES string of the molecule is CCCCS(=O)(=O)N1CCC2(CC1)C[C@H](CC(=O)N1CCN(C)CC1)c1ccccc12. The number of fused-ring (bicyclic) bond motifs is 2. The number of carbonyl (C=O) groups is 1. The van der Waals surface area contributed by atoms with Gasteiger partial charge in [-0.25, -0.2) is 12.7 Å². The van der Waals surface area contributed by atoms with Crippen molar-refractivity contribution in [2.75, 3.05) is 52.1 Å². The lowest BCUT2D eigenvalue weighted by molar-refractivity contribution is -0.133. The second-order valence-corrected chi connectivity index (χ2v) is 11.8. The zero-order valence-corrected chi connectivity index (χ0v) is 19.9. The summed E-state index contributed by atoms with van der Waals surface area (Å²) < 4.78 is 27.1. The van der Waals surface area contributed by atoms with Crippen molar-refractivity contribution >= 4 is 15.9 Å². The molecule has 0 saturated carbocycles. The van der Waals surface area contributed by atoms with Crippen LogP contribution in [0.3, 0.4) is 0 Å². The van der Waals surface area contributed by atoms with Crippen LogP contribution in [-0.4, -0.2) is 80.5 Å². The maximum atomic E-state index is 13.0. The number of amides is 1. The Morgan fingerprint density at radius 2 is 1.74 bits per heavy atom. The van der Waals surface area contributed by atoms with E-state index in [-0.39, 0.29) is 23.0 Å². The highest BCUT2D eigenvalue weighted by molar-refractivity contribution is 7.89. The van der Waals surface area contributed by atoms with Crippen LogP contribution in [0.5, 0.6) is 0 Å². The molecule has 1 aromatic carbocycles. The molecule has 31 heavy (non-hydrogen) atoms. The third-order valence-electron chi connectivity index (χ3n) is 7.71. The average Bonchev–Trinajstić information content (AvgIpc) is 3.06. The third kappa shape index (κ3) is 4.69. The Bertz CT molecular complexity index is 885. The summed E-state index contributed by atoms with van der Waals surface area (Å²) in [6, 6.07) is 8.58. The van der Waals surface area contributed by atoms with Crippen molar-refractivity contribution in [2.24, 2.45) is 0 Å². The van der Waals surface area contributed by atoms with E-state index in [0.717, 1.165) is 58.3 Å². The predicted molar refractivity (Wildman–Crippen MR) is 124 cm³/mol. The number of likely N-dealkylation sites (N-methyl/N-ethyl adjacent to an activating group) is 1. The van der Waals surface area contributed by atoms with E-state index in [9.17, 15) is 13.2 Å². The summed E-state index contributed by atoms with van der Waals surface area (Å²) in [5.74, 6) is 0.769. The highest BCUT2D eigenvalue weighted by Gasteiger charge is 2.47. The van der Waals surface area contributed by atoms with Gasteiger partial charge in [-0.2, -0.15) is 0 Å². The van der Waals surface area contributed by atoms with E-state index in [4.69, 9.17) is 0 Å². The molecule has 0 aromatic heterocycles. The highest BCUT2D eigenvalue weighted by Crippen LogP contribution is 2.53. The molecule has 6 nitrogen and oxygen atoms in total. The maximum Gasteiger partial charge on any atom is 0.223 e. The van der Waals surface area contributed by atoms with E-state index in [0.29, 0.717) is 19.5 Å². The van der Waals surface area contributed by atoms with Crippen LogP contribution in [0.1, 0.15) is 62.5 Å². The lowest BCUT2D eigenvalue weighted by atomic mass is 9.73. The fraction of sp³-hybridized carbons (Fsp3) is 0.708. The van der Waals surface area contributed by atoms with E-state index < -0.39 is 10.0 Å². The molecule has 1 atom stereocenters. The minimum atomic E-state index is -3.15. The smallest absolute Gasteiger partial charge is 0.223 e. The summed E-state index contributed by atoms with van der Waals surface area (Å²) in [6.45, 7) is 6.75. The van der Waals surface area contributed by atoms with Gasteiger partial charge >= 0.3 is 0 Å². The first-order valence-electron chi connectivity index (χ1n) is 11.9. The molecule has 2 heterocycles. The number of hydrogen-bond donors (Lipinski definition) is 0. The fourth-order valence-electron chi connectivity index (χ4n) is 5.73. The lowest BCUT2D eigenvalue weighted by Gasteiger charge is -2.40. The normalized spacial score (nSPS) is 24.5. The maximum absolute atomic E-state index is 13.0. The van der Waals surface area contributed by atoms with Crippen LogP contribution in [0.25, 0.3) is 0 Å². The molecular weight excluding hydrogens is 410 g/mol. The number of carbonyl (C=O) groups excluding carboxylic acids is 1. The van der Waals surface area contributed by atoms with Gasteiger partial charge in [-0.3, -0.25) is 4.79 Å². The van der Waals surface area contributed by atoms with E-state index in [1.165, 1.54) is 11.1 Å². The number of hydrogen-bond acceptors (Lipinski definition) is 4. The molecule has 172 valence electrons. The van der Waals surface area contributed by atoms with E-state index in [1.807, 2.05) is 11.8 Å². The van der Waals surface area contributed by atoms with Crippen molar-refractivity contribution in [1.29, 1.82) is 0 Å². The molecule has 7 heteroatoms. The Balaban J connectivity index is 1.45. The van der Waals surface area contributed by atoms with Gasteiger partial charge in [0.15, 0.2) is 0 Å². The van der Waals surface area contributed by atoms with Crippen LogP contribution in [0.15, 0.2) is 24.3 Å². The zero-order valence-electron chi connectivity index (χ0n) is 19.1. The van der Waals surface area contributed by atoms with Crippen LogP contribution in [0.4, 0.5) is 0 Å². The van der Waals surface area contributed by atoms with Gasteiger partial charge in [0, 0.05) is 45.7 Å². The minimum Gasteiger partial charge on any atom is -0.340 e. The molecule has 3 aliphatic rings. The van der Waals surface area contributed by atoms with Crippen LogP contribution in [0.2, 0.25) is 0 Å². The molecule has 0 radical (unpaired) electrons. The standard InChI is InChI=1S/C24H37N3O3S/c1-3-4-17-31(29,30)27-11-9-24(10-12-27)19-20(21-7-5-6-8-22(21)24)18-23(28)26-15-13-25(2)14-16-26/h5-8,20H,3-4,9-19H2,1-2H3/t20-/m0/s1. The second-order valence-electron chi connectivity index (χ2n) is 9.73. The first-order valence-corrected chi connectivity index (χ1v) is 13.5. The largest absolute Gasteiger partial charge is 0.340 e. The first kappa shape index (κ1) is 22.7. The number of piperazine rings is 1. The fourth-order valence-corrected chi connectivity index (χ4v) is 7.38. The van der Waals surface area contributed by atoms with Gasteiger partial charge in [-0.15, -0.1) is 0 Å². The Hall–Kier alpha value is -1.44. The van der Waals surface area contributed by atoms with Crippen LogP contribution < -0.4 is 0 Å². The van der Waals surface area contributed by atoms with Crippen LogP contribution in [-0.2, 0) is 20.2 Å². The Labute approximate surface area is 187 Å². The summed E-state index contributed by atoms with van der Waals surface area (Å²) in [5, 5.41) is 0. The van der Waals surface area contributed by atoms with Crippen molar-refractivity contribution < 1.29 is 13.2 Å². The molecule has 2 fully saturated rings. The Kier molecular flexibility index (Phi) is 6.75. The van der Waals surface area contributed by atoms with Gasteiger partial charge in [-0.1, -0.05) is 37.6 Å². The molecule has 0 bridgehead atoms. The third-order valence-corrected chi connectivity index (χ3v) is 9.67. The van der Waals surface area contributed by atoms with Crippen molar-refractivity contribution in [3.63, 3.8) is 0 Å². The van der Waals surface area contributed by atoms with Gasteiger partial charge in [-0.05, 0) is 55.2 Å². The second kappa shape index (κ2) is 9.20. The minimum absolute atomic E-state index is 0.0143. The number of unbranched alkanes of at least 4 members (excludes halogenated alkanes) is 1. The summed E-state index contributed by atoms with van der Waals surface area (Å²) in [7, 11) is -1.05. The molecule has 2 saturated heterocycles. The zero-order chi connectivity index (χ0) is 22.1. The Morgan fingerprint density at radius 1 is 1.06 bits per heavy atom. The summed E-state index contributed by atoms with van der Waals surface area (Å²) in [5.41, 5.74) is 2.68. The van der Waals surface area contributed by atoms with Crippen molar-refractivity contribution in [3.05, 3.63) is 35.4 Å². The van der Waals surface area contributed by atoms with Gasteiger partial charge in [0.25, 0.3) is 0 Å². The van der Waals surface area contributed by atoms with Crippen LogP contribution in [0, 0.1) is 0 Å². The topological polar surface area (TPSA) is 60.9 Å². The number of piperidine rings is 1. The molecular formula is C24H37N3O3S. The van der Waals surface area contributed by atoms with Gasteiger partial charge in [0.2, 0.25) is 15.9 Å². The highest BCUT2D eigenvalue weighted by atomic mass is 32.2. The first-order chi connectivity index (χ1) is 14.8. The number of sulfonamides is 1. The van der Waals surface area contributed by atoms with Gasteiger partial charge in [0.1, 0.15) is 0 Å². The molecule has 0 unspecified atom stereocenters. The van der Waals surface area contributed by atoms with Crippen LogP contribution >= 0.6 is 0 Å². The van der Waals surface area contributed by atoms with Gasteiger partial charge < -0.3 is 9.80 Å². The van der Waals surface area contributed by atoms with E-state index in [1.54, 1.807) is 4.31 Å². The summed E-state index contributed by atoms with van der Waals surface area (Å²) >= 11 is 0. The van der Waals surface area contributed by atoms with E-state index >= 15 is 0 Å². The summed E-state index contributed by atoms with van der Waals surface area (Å²) in [6.07, 6.45) is 4.87. The number of nitrogens with zero attached hydrogens (tertiary/aromatic N) is 3. The summed E-state index contributed by atoms with van der Waals surface area (Å²) in [4.78, 5) is 17.3. The van der Waals surface area contributed by atoms with Gasteiger partial charge in [0.05, 0.1) is 5.75 Å².